The standard InChI is InChI=1S/C22H42Br4S6/c23-11-1-7-17(28)16(6-5-15-27)22(19(30)9-3-13-25,20(31)10-4-14-26)21(32)18(29)8-2-12-24/h16-21,27-32H,1-15H2. The van der Waals surface area contributed by atoms with E-state index in [2.05, 4.69) is 76.3 Å². The minimum Gasteiger partial charge on any atom is -0.179 e. The Morgan fingerprint density at radius 1 is 0.531 bits per heavy atom. The van der Waals surface area contributed by atoms with Crippen molar-refractivity contribution in [1.29, 1.82) is 0 Å². The van der Waals surface area contributed by atoms with Gasteiger partial charge < -0.3 is 0 Å². The van der Waals surface area contributed by atoms with Gasteiger partial charge in [0.1, 0.15) is 0 Å². The number of hydrogen-bond donors (Lipinski definition) is 6. The lowest BCUT2D eigenvalue weighted by Crippen LogP contribution is -2.58. The highest BCUT2D eigenvalue weighted by molar-refractivity contribution is 9.09. The zero-order valence-electron chi connectivity index (χ0n) is 18.8. The van der Waals surface area contributed by atoms with Crippen LogP contribution in [0.25, 0.3) is 0 Å². The normalized spacial score (nSPS) is 19.7. The highest BCUT2D eigenvalue weighted by Crippen LogP contribution is 2.55. The van der Waals surface area contributed by atoms with Crippen molar-refractivity contribution in [2.75, 3.05) is 27.1 Å². The molecule has 0 radical (unpaired) electrons. The molecule has 0 amide bonds. The van der Waals surface area contributed by atoms with E-state index in [4.69, 9.17) is 63.1 Å². The monoisotopic (exact) mass is 814 g/mol. The largest absolute Gasteiger partial charge is 0.179 e. The van der Waals surface area contributed by atoms with Gasteiger partial charge in [-0.05, 0) is 75.9 Å². The molecule has 6 unspecified atom stereocenters. The molecule has 10 heteroatoms. The Kier molecular flexibility index (Phi) is 24.7. The number of alkyl halides is 4. The third-order valence-corrected chi connectivity index (χ3v) is 12.5. The van der Waals surface area contributed by atoms with Crippen LogP contribution in [0.15, 0.2) is 0 Å². The molecule has 0 saturated heterocycles. The van der Waals surface area contributed by atoms with Crippen LogP contribution in [0.5, 0.6) is 0 Å². The van der Waals surface area contributed by atoms with Gasteiger partial charge in [-0.25, -0.2) is 0 Å². The van der Waals surface area contributed by atoms with Crippen LogP contribution < -0.4 is 0 Å². The summed E-state index contributed by atoms with van der Waals surface area (Å²) >= 11 is 45.5. The van der Waals surface area contributed by atoms with Crippen molar-refractivity contribution in [2.24, 2.45) is 11.3 Å². The average molecular weight is 819 g/mol. The molecule has 0 spiro atoms. The lowest BCUT2D eigenvalue weighted by atomic mass is 9.61. The fourth-order valence-corrected chi connectivity index (χ4v) is 9.71. The molecule has 0 heterocycles. The molecule has 0 aliphatic rings. The molecule has 0 aromatic heterocycles. The van der Waals surface area contributed by atoms with Crippen molar-refractivity contribution in [2.45, 2.75) is 90.5 Å². The van der Waals surface area contributed by atoms with E-state index in [0.29, 0.717) is 5.92 Å². The maximum absolute atomic E-state index is 5.37. The Labute approximate surface area is 265 Å². The molecule has 0 N–H and O–H groups in total. The summed E-state index contributed by atoms with van der Waals surface area (Å²) in [5.41, 5.74) is -0.180. The van der Waals surface area contributed by atoms with Crippen molar-refractivity contribution in [1.82, 2.24) is 0 Å². The Bertz CT molecular complexity index is 435. The molecular weight excluding hydrogens is 776 g/mol. The lowest BCUT2D eigenvalue weighted by molar-refractivity contribution is 0.117. The molecule has 0 bridgehead atoms. The molecule has 6 atom stereocenters. The summed E-state index contributed by atoms with van der Waals surface area (Å²) in [4.78, 5) is 0. The van der Waals surface area contributed by atoms with Crippen molar-refractivity contribution < 1.29 is 0 Å². The number of thiol groups is 6. The SMILES string of the molecule is SCCCC(C(S)CCCBr)C(C(S)CCCBr)(C(S)CCCBr)C(S)C(S)CCCBr. The smallest absolute Gasteiger partial charge is 0.0214 e. The highest BCUT2D eigenvalue weighted by atomic mass is 79.9. The first-order chi connectivity index (χ1) is 15.3. The van der Waals surface area contributed by atoms with Gasteiger partial charge in [-0.2, -0.15) is 75.8 Å². The molecule has 0 aromatic rings. The van der Waals surface area contributed by atoms with Crippen LogP contribution in [0.3, 0.4) is 0 Å². The van der Waals surface area contributed by atoms with Crippen molar-refractivity contribution >= 4 is 139 Å². The topological polar surface area (TPSA) is 0 Å². The predicted molar refractivity (Wildman–Crippen MR) is 185 cm³/mol. The maximum Gasteiger partial charge on any atom is 0.0214 e. The minimum atomic E-state index is -0.180. The third-order valence-electron chi connectivity index (χ3n) is 6.30. The van der Waals surface area contributed by atoms with Crippen molar-refractivity contribution in [3.05, 3.63) is 0 Å². The van der Waals surface area contributed by atoms with Gasteiger partial charge in [-0.3, -0.25) is 0 Å². The van der Waals surface area contributed by atoms with Gasteiger partial charge in [0.05, 0.1) is 0 Å². The number of halogens is 4. The Balaban J connectivity index is 6.55. The van der Waals surface area contributed by atoms with E-state index in [-0.39, 0.29) is 31.7 Å². The second kappa shape index (κ2) is 21.9. The van der Waals surface area contributed by atoms with Gasteiger partial charge >= 0.3 is 0 Å². The zero-order valence-corrected chi connectivity index (χ0v) is 30.5. The van der Waals surface area contributed by atoms with E-state index in [1.807, 2.05) is 0 Å². The molecule has 0 aliphatic heterocycles. The van der Waals surface area contributed by atoms with Gasteiger partial charge in [-0.15, -0.1) is 0 Å². The molecule has 0 aromatic carbocycles. The first-order valence-corrected chi connectivity index (χ1v) is 19.2. The molecular formula is C22H42Br4S6. The minimum absolute atomic E-state index is 0.0871. The van der Waals surface area contributed by atoms with Crippen LogP contribution in [0.1, 0.15) is 64.2 Å². The van der Waals surface area contributed by atoms with Gasteiger partial charge in [0.2, 0.25) is 0 Å². The third kappa shape index (κ3) is 11.8. The Morgan fingerprint density at radius 3 is 1.34 bits per heavy atom. The Morgan fingerprint density at radius 2 is 0.938 bits per heavy atom. The van der Waals surface area contributed by atoms with Crippen LogP contribution in [0.2, 0.25) is 0 Å². The molecule has 0 fully saturated rings. The lowest BCUT2D eigenvalue weighted by Gasteiger charge is -2.55. The molecule has 194 valence electrons. The van der Waals surface area contributed by atoms with E-state index in [0.717, 1.165) is 91.3 Å². The molecule has 32 heavy (non-hydrogen) atoms. The Hall–Kier alpha value is 4.02. The van der Waals surface area contributed by atoms with Crippen LogP contribution >= 0.6 is 139 Å². The van der Waals surface area contributed by atoms with Gasteiger partial charge in [0.25, 0.3) is 0 Å². The zero-order chi connectivity index (χ0) is 24.6. The van der Waals surface area contributed by atoms with E-state index < -0.39 is 0 Å². The number of hydrogen-bond acceptors (Lipinski definition) is 6. The first kappa shape index (κ1) is 36.0. The summed E-state index contributed by atoms with van der Waals surface area (Å²) in [6.07, 6.45) is 10.7. The van der Waals surface area contributed by atoms with Gasteiger partial charge in [0.15, 0.2) is 0 Å². The summed E-state index contributed by atoms with van der Waals surface area (Å²) in [5, 5.41) is 4.87. The van der Waals surface area contributed by atoms with Crippen LogP contribution in [0.4, 0.5) is 0 Å². The molecule has 0 aliphatic carbocycles. The van der Waals surface area contributed by atoms with Crippen LogP contribution in [-0.4, -0.2) is 53.3 Å². The van der Waals surface area contributed by atoms with Crippen LogP contribution in [-0.2, 0) is 0 Å². The second-order valence-electron chi connectivity index (χ2n) is 8.41. The van der Waals surface area contributed by atoms with Crippen LogP contribution in [0, 0.1) is 11.3 Å². The molecule has 0 nitrogen and oxygen atoms in total. The highest BCUT2D eigenvalue weighted by Gasteiger charge is 2.54. The molecule has 0 rings (SSSR count). The summed E-state index contributed by atoms with van der Waals surface area (Å²) in [6.45, 7) is 0. The summed E-state index contributed by atoms with van der Waals surface area (Å²) in [7, 11) is 0. The average Bonchev–Trinajstić information content (AvgIpc) is 2.79. The van der Waals surface area contributed by atoms with Crippen molar-refractivity contribution in [3.8, 4) is 0 Å². The van der Waals surface area contributed by atoms with E-state index in [1.54, 1.807) is 0 Å². The quantitative estimate of drug-likeness (QED) is 0.0483. The molecule has 0 saturated carbocycles. The van der Waals surface area contributed by atoms with Gasteiger partial charge in [0, 0.05) is 53.0 Å². The number of rotatable bonds is 21. The summed E-state index contributed by atoms with van der Waals surface area (Å²) in [5.74, 6) is 1.24. The predicted octanol–water partition coefficient (Wildman–Crippen LogP) is 9.49. The summed E-state index contributed by atoms with van der Waals surface area (Å²) < 4.78 is 0. The van der Waals surface area contributed by atoms with E-state index >= 15 is 0 Å². The summed E-state index contributed by atoms with van der Waals surface area (Å²) in [6, 6.07) is 0. The first-order valence-electron chi connectivity index (χ1n) is 11.5. The van der Waals surface area contributed by atoms with Gasteiger partial charge in [-0.1, -0.05) is 63.7 Å². The van der Waals surface area contributed by atoms with E-state index in [9.17, 15) is 0 Å². The second-order valence-corrected chi connectivity index (χ2v) is 15.2. The van der Waals surface area contributed by atoms with Crippen molar-refractivity contribution in [3.63, 3.8) is 0 Å². The maximum atomic E-state index is 5.37. The fraction of sp³-hybridized carbons (Fsp3) is 1.00. The fourth-order valence-electron chi connectivity index (χ4n) is 4.72. The van der Waals surface area contributed by atoms with E-state index in [1.165, 1.54) is 0 Å².